The van der Waals surface area contributed by atoms with Gasteiger partial charge in [-0.05, 0) is 29.8 Å². The number of amides is 1. The number of anilines is 1. The van der Waals surface area contributed by atoms with E-state index in [1.807, 2.05) is 0 Å². The van der Waals surface area contributed by atoms with Gasteiger partial charge in [-0.2, -0.15) is 13.2 Å². The molecule has 0 saturated carbocycles. The highest BCUT2D eigenvalue weighted by Crippen LogP contribution is 2.29. The van der Waals surface area contributed by atoms with Gasteiger partial charge < -0.3 is 15.0 Å². The summed E-state index contributed by atoms with van der Waals surface area (Å²) in [6.45, 7) is 0.769. The fourth-order valence-electron chi connectivity index (χ4n) is 2.62. The summed E-state index contributed by atoms with van der Waals surface area (Å²) in [5, 5.41) is 14.2. The normalized spacial score (nSPS) is 11.2. The van der Waals surface area contributed by atoms with E-state index in [0.29, 0.717) is 18.7 Å². The second kappa shape index (κ2) is 9.37. The molecule has 0 bridgehead atoms. The van der Waals surface area contributed by atoms with Crippen molar-refractivity contribution in [2.45, 2.75) is 12.7 Å². The number of rotatable bonds is 8. The van der Waals surface area contributed by atoms with E-state index in [4.69, 9.17) is 4.74 Å². The molecular weight excluding hydrogens is 391 g/mol. The van der Waals surface area contributed by atoms with Gasteiger partial charge in [-0.3, -0.25) is 14.9 Å². The van der Waals surface area contributed by atoms with Crippen LogP contribution < -0.4 is 5.32 Å². The first-order valence-corrected chi connectivity index (χ1v) is 8.56. The van der Waals surface area contributed by atoms with Crippen molar-refractivity contribution in [1.82, 2.24) is 4.90 Å². The molecule has 2 rings (SSSR count). The number of nitro groups is 1. The molecule has 0 aliphatic rings. The minimum absolute atomic E-state index is 0.0542. The Morgan fingerprint density at radius 2 is 1.86 bits per heavy atom. The van der Waals surface area contributed by atoms with Crippen molar-refractivity contribution in [2.24, 2.45) is 0 Å². The van der Waals surface area contributed by atoms with E-state index in [-0.39, 0.29) is 23.5 Å². The largest absolute Gasteiger partial charge is 0.416 e. The predicted molar refractivity (Wildman–Crippen MR) is 101 cm³/mol. The van der Waals surface area contributed by atoms with Crippen molar-refractivity contribution in [3.05, 3.63) is 69.3 Å². The highest BCUT2D eigenvalue weighted by Gasteiger charge is 2.30. The van der Waals surface area contributed by atoms with Gasteiger partial charge in [-0.15, -0.1) is 0 Å². The summed E-state index contributed by atoms with van der Waals surface area (Å²) >= 11 is 0. The zero-order valence-corrected chi connectivity index (χ0v) is 15.8. The topological polar surface area (TPSA) is 84.7 Å². The van der Waals surface area contributed by atoms with E-state index in [1.165, 1.54) is 49.4 Å². The zero-order chi connectivity index (χ0) is 21.6. The van der Waals surface area contributed by atoms with Crippen LogP contribution in [0, 0.1) is 10.1 Å². The van der Waals surface area contributed by atoms with Gasteiger partial charge in [-0.25, -0.2) is 0 Å². The van der Waals surface area contributed by atoms with E-state index in [9.17, 15) is 28.1 Å². The quantitative estimate of drug-likeness (QED) is 0.404. The molecule has 29 heavy (non-hydrogen) atoms. The van der Waals surface area contributed by atoms with Crippen LogP contribution in [0.4, 0.5) is 24.5 Å². The van der Waals surface area contributed by atoms with Crippen LogP contribution in [-0.2, 0) is 17.5 Å². The highest BCUT2D eigenvalue weighted by molar-refractivity contribution is 5.95. The number of methoxy groups -OCH3 is 1. The Balaban J connectivity index is 2.14. The maximum absolute atomic E-state index is 12.6. The highest BCUT2D eigenvalue weighted by atomic mass is 19.4. The lowest BCUT2D eigenvalue weighted by molar-refractivity contribution is -0.384. The van der Waals surface area contributed by atoms with Crippen LogP contribution >= 0.6 is 0 Å². The first kappa shape index (κ1) is 22.2. The number of carbonyl (C=O) groups is 1. The summed E-state index contributed by atoms with van der Waals surface area (Å²) < 4.78 is 42.8. The molecular formula is C19H20F3N3O4. The van der Waals surface area contributed by atoms with E-state index in [0.717, 1.165) is 12.1 Å². The SMILES string of the molecule is COCCNc1ccc(C(=O)N(C)Cc2ccc(C(F)(F)F)cc2)cc1[N+](=O)[O-]. The molecule has 2 aromatic carbocycles. The van der Waals surface area contributed by atoms with E-state index >= 15 is 0 Å². The van der Waals surface area contributed by atoms with Crippen molar-refractivity contribution in [1.29, 1.82) is 0 Å². The Kier molecular flexibility index (Phi) is 7.16. The van der Waals surface area contributed by atoms with Gasteiger partial charge in [0, 0.05) is 38.9 Å². The van der Waals surface area contributed by atoms with E-state index in [1.54, 1.807) is 0 Å². The minimum atomic E-state index is -4.43. The van der Waals surface area contributed by atoms with Gasteiger partial charge >= 0.3 is 6.18 Å². The second-order valence-electron chi connectivity index (χ2n) is 6.26. The molecule has 1 N–H and O–H groups in total. The molecule has 1 amide bonds. The van der Waals surface area contributed by atoms with Gasteiger partial charge in [0.15, 0.2) is 0 Å². The van der Waals surface area contributed by atoms with Crippen LogP contribution in [0.3, 0.4) is 0 Å². The maximum atomic E-state index is 12.6. The zero-order valence-electron chi connectivity index (χ0n) is 15.8. The number of alkyl halides is 3. The van der Waals surface area contributed by atoms with Crippen molar-refractivity contribution in [2.75, 3.05) is 32.6 Å². The number of ether oxygens (including phenoxy) is 1. The number of nitro benzene ring substituents is 1. The first-order valence-electron chi connectivity index (χ1n) is 8.56. The van der Waals surface area contributed by atoms with Gasteiger partial charge in [0.05, 0.1) is 17.1 Å². The molecule has 0 unspecified atom stereocenters. The van der Waals surface area contributed by atoms with Crippen LogP contribution in [0.5, 0.6) is 0 Å². The number of halogens is 3. The molecule has 0 saturated heterocycles. The number of nitrogens with one attached hydrogen (secondary N) is 1. The third-order valence-electron chi connectivity index (χ3n) is 4.11. The molecule has 10 heteroatoms. The summed E-state index contributed by atoms with van der Waals surface area (Å²) in [5.41, 5.74) is -0.170. The van der Waals surface area contributed by atoms with Crippen LogP contribution in [0.25, 0.3) is 0 Å². The van der Waals surface area contributed by atoms with Crippen molar-refractivity contribution in [3.8, 4) is 0 Å². The first-order chi connectivity index (χ1) is 13.6. The Morgan fingerprint density at radius 1 is 1.21 bits per heavy atom. The molecule has 2 aromatic rings. The molecule has 0 spiro atoms. The Hall–Kier alpha value is -3.14. The average molecular weight is 411 g/mol. The molecule has 7 nitrogen and oxygen atoms in total. The summed E-state index contributed by atoms with van der Waals surface area (Å²) in [4.78, 5) is 24.6. The standard InChI is InChI=1S/C19H20F3N3O4/c1-24(12-13-3-6-15(7-4-13)19(20,21)22)18(26)14-5-8-16(23-9-10-29-2)17(11-14)25(27)28/h3-8,11,23H,9-10,12H2,1-2H3. The van der Waals surface area contributed by atoms with Crippen LogP contribution in [0.15, 0.2) is 42.5 Å². The number of nitrogens with zero attached hydrogens (tertiary/aromatic N) is 2. The molecule has 0 radical (unpaired) electrons. The molecule has 0 aliphatic carbocycles. The van der Waals surface area contributed by atoms with Crippen molar-refractivity contribution < 1.29 is 27.6 Å². The van der Waals surface area contributed by atoms with Crippen LogP contribution in [-0.4, -0.2) is 43.0 Å². The van der Waals surface area contributed by atoms with Crippen molar-refractivity contribution in [3.63, 3.8) is 0 Å². The third-order valence-corrected chi connectivity index (χ3v) is 4.11. The maximum Gasteiger partial charge on any atom is 0.416 e. The molecule has 0 aliphatic heterocycles. The summed E-state index contributed by atoms with van der Waals surface area (Å²) in [6.07, 6.45) is -4.43. The molecule has 0 heterocycles. The van der Waals surface area contributed by atoms with Gasteiger partial charge in [0.1, 0.15) is 5.69 Å². The molecule has 156 valence electrons. The summed E-state index contributed by atoms with van der Waals surface area (Å²) in [7, 11) is 2.97. The third kappa shape index (κ3) is 5.92. The van der Waals surface area contributed by atoms with Crippen LogP contribution in [0.2, 0.25) is 0 Å². The number of hydrogen-bond acceptors (Lipinski definition) is 5. The number of benzene rings is 2. The summed E-state index contributed by atoms with van der Waals surface area (Å²) in [6, 6.07) is 8.52. The van der Waals surface area contributed by atoms with Crippen LogP contribution in [0.1, 0.15) is 21.5 Å². The van der Waals surface area contributed by atoms with E-state index < -0.39 is 22.6 Å². The Morgan fingerprint density at radius 3 is 2.41 bits per heavy atom. The van der Waals surface area contributed by atoms with Gasteiger partial charge in [-0.1, -0.05) is 12.1 Å². The fourth-order valence-corrected chi connectivity index (χ4v) is 2.62. The molecule has 0 fully saturated rings. The van der Waals surface area contributed by atoms with Gasteiger partial charge in [0.25, 0.3) is 11.6 Å². The fraction of sp³-hybridized carbons (Fsp3) is 0.316. The van der Waals surface area contributed by atoms with Gasteiger partial charge in [0.2, 0.25) is 0 Å². The Bertz CT molecular complexity index is 870. The lowest BCUT2D eigenvalue weighted by atomic mass is 10.1. The number of hydrogen-bond donors (Lipinski definition) is 1. The number of carbonyl (C=O) groups excluding carboxylic acids is 1. The van der Waals surface area contributed by atoms with E-state index in [2.05, 4.69) is 5.32 Å². The lowest BCUT2D eigenvalue weighted by Gasteiger charge is -2.18. The lowest BCUT2D eigenvalue weighted by Crippen LogP contribution is -2.26. The second-order valence-corrected chi connectivity index (χ2v) is 6.26. The predicted octanol–water partition coefficient (Wildman–Crippen LogP) is 3.94. The smallest absolute Gasteiger partial charge is 0.383 e. The summed E-state index contributed by atoms with van der Waals surface area (Å²) in [5.74, 6) is -0.489. The van der Waals surface area contributed by atoms with Crippen molar-refractivity contribution >= 4 is 17.3 Å². The Labute approximate surface area is 165 Å². The monoisotopic (exact) mass is 411 g/mol. The molecule has 0 atom stereocenters. The minimum Gasteiger partial charge on any atom is -0.383 e. The molecule has 0 aromatic heterocycles. The average Bonchev–Trinajstić information content (AvgIpc) is 2.67.